The fraction of sp³-hybridized carbons (Fsp3) is 0.125. The predicted molar refractivity (Wildman–Crippen MR) is 118 cm³/mol. The Bertz CT molecular complexity index is 1170. The number of aromatic nitrogens is 2. The van der Waals surface area contributed by atoms with Crippen molar-refractivity contribution >= 4 is 23.0 Å². The lowest BCUT2D eigenvalue weighted by atomic mass is 10.0. The smallest absolute Gasteiger partial charge is 0.293 e. The molecule has 4 rings (SSSR count). The Morgan fingerprint density at radius 2 is 1.60 bits per heavy atom. The fourth-order valence-corrected chi connectivity index (χ4v) is 4.32. The average Bonchev–Trinajstić information content (AvgIpc) is 3.40. The maximum absolute atomic E-state index is 13.1. The van der Waals surface area contributed by atoms with E-state index in [2.05, 4.69) is 10.4 Å². The molecule has 1 N–H and O–H groups in total. The minimum Gasteiger partial charge on any atom is -0.337 e. The first kappa shape index (κ1) is 19.8. The molecule has 0 aliphatic carbocycles. The van der Waals surface area contributed by atoms with Gasteiger partial charge in [0.2, 0.25) is 0 Å². The molecule has 0 aliphatic rings. The van der Waals surface area contributed by atoms with Gasteiger partial charge in [-0.3, -0.25) is 9.59 Å². The molecule has 150 valence electrons. The number of rotatable bonds is 6. The van der Waals surface area contributed by atoms with Crippen molar-refractivity contribution in [2.75, 3.05) is 0 Å². The maximum atomic E-state index is 13.1. The van der Waals surface area contributed by atoms with Gasteiger partial charge in [-0.15, -0.1) is 11.3 Å². The third-order valence-electron chi connectivity index (χ3n) is 4.96. The van der Waals surface area contributed by atoms with Crippen molar-refractivity contribution in [1.29, 1.82) is 0 Å². The van der Waals surface area contributed by atoms with Crippen LogP contribution in [0.2, 0.25) is 0 Å². The van der Waals surface area contributed by atoms with E-state index in [0.29, 0.717) is 17.0 Å². The van der Waals surface area contributed by atoms with Crippen LogP contribution in [0.25, 0.3) is 5.69 Å². The molecule has 4 aromatic rings. The minimum absolute atomic E-state index is 0.342. The highest BCUT2D eigenvalue weighted by Crippen LogP contribution is 2.26. The van der Waals surface area contributed by atoms with E-state index in [9.17, 15) is 9.59 Å². The van der Waals surface area contributed by atoms with Crippen LogP contribution in [-0.2, 0) is 4.79 Å². The van der Waals surface area contributed by atoms with Crippen molar-refractivity contribution in [1.82, 2.24) is 15.1 Å². The second-order valence-corrected chi connectivity index (χ2v) is 7.93. The van der Waals surface area contributed by atoms with Crippen molar-refractivity contribution in [3.8, 4) is 5.69 Å². The van der Waals surface area contributed by atoms with E-state index in [-0.39, 0.29) is 6.04 Å². The average molecular weight is 416 g/mol. The number of hydrogen-bond acceptors (Lipinski definition) is 4. The molecule has 0 bridgehead atoms. The van der Waals surface area contributed by atoms with Crippen molar-refractivity contribution < 1.29 is 9.59 Å². The summed E-state index contributed by atoms with van der Waals surface area (Å²) in [5.74, 6) is -1.22. The summed E-state index contributed by atoms with van der Waals surface area (Å²) in [6.45, 7) is 3.56. The van der Waals surface area contributed by atoms with Gasteiger partial charge in [-0.2, -0.15) is 5.10 Å². The highest BCUT2D eigenvalue weighted by atomic mass is 32.1. The summed E-state index contributed by atoms with van der Waals surface area (Å²) >= 11 is 1.54. The number of benzene rings is 2. The van der Waals surface area contributed by atoms with Crippen LogP contribution in [0.3, 0.4) is 0 Å². The molecule has 1 amide bonds. The number of ketones is 1. The molecular weight excluding hydrogens is 394 g/mol. The van der Waals surface area contributed by atoms with E-state index in [1.54, 1.807) is 22.9 Å². The van der Waals surface area contributed by atoms with Crippen molar-refractivity contribution in [3.63, 3.8) is 0 Å². The molecule has 1 atom stereocenters. The first-order valence-electron chi connectivity index (χ1n) is 9.61. The first-order chi connectivity index (χ1) is 14.6. The zero-order chi connectivity index (χ0) is 21.1. The van der Waals surface area contributed by atoms with Gasteiger partial charge >= 0.3 is 0 Å². The Balaban J connectivity index is 1.64. The summed E-state index contributed by atoms with van der Waals surface area (Å²) in [6, 6.07) is 22.7. The Kier molecular flexibility index (Phi) is 5.59. The number of carbonyl (C=O) groups excluding carboxylic acids is 2. The number of nitrogens with zero attached hydrogens (tertiary/aromatic N) is 2. The zero-order valence-corrected chi connectivity index (χ0v) is 17.5. The number of nitrogens with one attached hydrogen (secondary N) is 1. The number of Topliss-reactive ketones (excluding diaryl/α,β-unsaturated/α-hetero) is 1. The van der Waals surface area contributed by atoms with Gasteiger partial charge in [0.1, 0.15) is 0 Å². The van der Waals surface area contributed by atoms with Gasteiger partial charge in [0, 0.05) is 4.88 Å². The van der Waals surface area contributed by atoms with Crippen LogP contribution in [0.1, 0.15) is 38.2 Å². The second kappa shape index (κ2) is 8.47. The molecule has 0 aliphatic heterocycles. The zero-order valence-electron chi connectivity index (χ0n) is 16.7. The van der Waals surface area contributed by atoms with Crippen LogP contribution in [0, 0.1) is 13.8 Å². The third kappa shape index (κ3) is 3.82. The summed E-state index contributed by atoms with van der Waals surface area (Å²) in [5, 5.41) is 9.37. The van der Waals surface area contributed by atoms with Gasteiger partial charge in [0.15, 0.2) is 0 Å². The Morgan fingerprint density at radius 1 is 0.933 bits per heavy atom. The highest BCUT2D eigenvalue weighted by molar-refractivity contribution is 7.10. The van der Waals surface area contributed by atoms with Gasteiger partial charge in [0.25, 0.3) is 11.7 Å². The molecule has 6 heteroatoms. The second-order valence-electron chi connectivity index (χ2n) is 6.95. The lowest BCUT2D eigenvalue weighted by Crippen LogP contribution is -2.35. The molecule has 0 saturated heterocycles. The molecule has 0 spiro atoms. The third-order valence-corrected chi connectivity index (χ3v) is 5.90. The van der Waals surface area contributed by atoms with Crippen LogP contribution >= 0.6 is 11.3 Å². The lowest BCUT2D eigenvalue weighted by Gasteiger charge is -2.17. The van der Waals surface area contributed by atoms with E-state index in [4.69, 9.17) is 0 Å². The van der Waals surface area contributed by atoms with Gasteiger partial charge in [-0.1, -0.05) is 54.6 Å². The number of thiophene rings is 1. The summed E-state index contributed by atoms with van der Waals surface area (Å²) < 4.78 is 1.70. The van der Waals surface area contributed by atoms with Gasteiger partial charge in [0.05, 0.1) is 28.7 Å². The fourth-order valence-electron chi connectivity index (χ4n) is 3.52. The van der Waals surface area contributed by atoms with E-state index < -0.39 is 11.7 Å². The molecule has 5 nitrogen and oxygen atoms in total. The summed E-state index contributed by atoms with van der Waals surface area (Å²) in [6.07, 6.45) is 0. The maximum Gasteiger partial charge on any atom is 0.293 e. The van der Waals surface area contributed by atoms with Gasteiger partial charge in [-0.25, -0.2) is 4.68 Å². The van der Waals surface area contributed by atoms with Gasteiger partial charge < -0.3 is 5.32 Å². The summed E-state index contributed by atoms with van der Waals surface area (Å²) in [7, 11) is 0. The summed E-state index contributed by atoms with van der Waals surface area (Å²) in [4.78, 5) is 27.1. The highest BCUT2D eigenvalue weighted by Gasteiger charge is 2.28. The van der Waals surface area contributed by atoms with Crippen molar-refractivity contribution in [3.05, 3.63) is 106 Å². The molecule has 2 aromatic heterocycles. The minimum atomic E-state index is -0.643. The molecule has 2 aromatic carbocycles. The Labute approximate surface area is 179 Å². The van der Waals surface area contributed by atoms with Crippen LogP contribution in [-0.4, -0.2) is 21.5 Å². The van der Waals surface area contributed by atoms with Crippen molar-refractivity contribution in [2.24, 2.45) is 0 Å². The molecule has 30 heavy (non-hydrogen) atoms. The first-order valence-corrected chi connectivity index (χ1v) is 10.5. The monoisotopic (exact) mass is 415 g/mol. The van der Waals surface area contributed by atoms with Crippen LogP contribution < -0.4 is 5.32 Å². The number of amides is 1. The van der Waals surface area contributed by atoms with Gasteiger partial charge in [-0.05, 0) is 43.0 Å². The number of para-hydroxylation sites is 1. The Morgan fingerprint density at radius 3 is 2.23 bits per heavy atom. The SMILES string of the molecule is Cc1nn(-c2ccccc2)c(C)c1C(=O)C(=O)NC(c1ccccc1)c1cccs1. The van der Waals surface area contributed by atoms with E-state index >= 15 is 0 Å². The standard InChI is InChI=1S/C24H21N3O2S/c1-16-21(17(2)27(26-16)19-12-7-4-8-13-19)23(28)24(29)25-22(20-14-9-15-30-20)18-10-5-3-6-11-18/h3-15,22H,1-2H3,(H,25,29). The molecule has 1 unspecified atom stereocenters. The molecular formula is C24H21N3O2S. The van der Waals surface area contributed by atoms with Crippen LogP contribution in [0.4, 0.5) is 0 Å². The number of aryl methyl sites for hydroxylation is 1. The lowest BCUT2D eigenvalue weighted by molar-refractivity contribution is -0.117. The van der Waals surface area contributed by atoms with E-state index in [1.165, 1.54) is 0 Å². The molecule has 0 saturated carbocycles. The quantitative estimate of drug-likeness (QED) is 0.369. The summed E-state index contributed by atoms with van der Waals surface area (Å²) in [5.41, 5.74) is 3.29. The van der Waals surface area contributed by atoms with Crippen molar-refractivity contribution in [2.45, 2.75) is 19.9 Å². The predicted octanol–water partition coefficient (Wildman–Crippen LogP) is 4.64. The number of hydrogen-bond donors (Lipinski definition) is 1. The molecule has 0 fully saturated rings. The Hall–Kier alpha value is -3.51. The largest absolute Gasteiger partial charge is 0.337 e. The normalized spacial score (nSPS) is 11.8. The van der Waals surface area contributed by atoms with E-state index in [1.807, 2.05) is 85.1 Å². The van der Waals surface area contributed by atoms with Crippen LogP contribution in [0.15, 0.2) is 78.2 Å². The number of carbonyl (C=O) groups is 2. The molecule has 2 heterocycles. The van der Waals surface area contributed by atoms with Crippen LogP contribution in [0.5, 0.6) is 0 Å². The topological polar surface area (TPSA) is 64.0 Å². The van der Waals surface area contributed by atoms with E-state index in [0.717, 1.165) is 16.1 Å². The molecule has 0 radical (unpaired) electrons.